The van der Waals surface area contributed by atoms with E-state index >= 15 is 0 Å². The fourth-order valence-corrected chi connectivity index (χ4v) is 2.60. The van der Waals surface area contributed by atoms with Gasteiger partial charge in [-0.1, -0.05) is 0 Å². The molecule has 0 saturated heterocycles. The zero-order valence-electron chi connectivity index (χ0n) is 8.69. The molecule has 0 heterocycles. The number of phenols is 2. The van der Waals surface area contributed by atoms with E-state index < -0.39 is 0 Å². The van der Waals surface area contributed by atoms with Gasteiger partial charge in [-0.2, -0.15) is 0 Å². The monoisotopic (exact) mass is 221 g/mol. The van der Waals surface area contributed by atoms with Gasteiger partial charge in [0.05, 0.1) is 0 Å². The molecule has 2 N–H and O–H groups in total. The van der Waals surface area contributed by atoms with Gasteiger partial charge >= 0.3 is 0 Å². The average Bonchev–Trinajstić information content (AvgIpc) is 2.17. The fourth-order valence-electron chi connectivity index (χ4n) is 1.65. The van der Waals surface area contributed by atoms with Crippen LogP contribution < -0.4 is 0 Å². The lowest BCUT2D eigenvalue weighted by atomic mass is 10.1. The molecule has 0 aromatic heterocycles. The predicted octanol–water partition coefficient (Wildman–Crippen LogP) is 2.49. The van der Waals surface area contributed by atoms with Crippen LogP contribution in [0.4, 0.5) is 0 Å². The van der Waals surface area contributed by atoms with Crippen LogP contribution in [0.25, 0.3) is 10.8 Å². The standard InChI is InChI=1S/C12H12O2S/c1-15(2)12-6-5-11(14)9-4-3-8(13)7-10(9)12/h3-7H,1-2H3,(H-,13,14)/p+1. The Labute approximate surface area is 91.5 Å². The molecule has 2 aromatic carbocycles. The van der Waals surface area contributed by atoms with E-state index in [0.717, 1.165) is 10.8 Å². The first-order chi connectivity index (χ1) is 7.09. The molecule has 0 amide bonds. The lowest BCUT2D eigenvalue weighted by molar-refractivity contribution is 0.475. The summed E-state index contributed by atoms with van der Waals surface area (Å²) in [6.07, 6.45) is 4.24. The van der Waals surface area contributed by atoms with Crippen LogP contribution in [0.1, 0.15) is 0 Å². The van der Waals surface area contributed by atoms with Crippen molar-refractivity contribution >= 4 is 21.7 Å². The van der Waals surface area contributed by atoms with Crippen LogP contribution in [0.15, 0.2) is 35.2 Å². The molecule has 0 aliphatic carbocycles. The maximum atomic E-state index is 9.69. The third-order valence-corrected chi connectivity index (χ3v) is 3.61. The van der Waals surface area contributed by atoms with Gasteiger partial charge in [0.15, 0.2) is 4.90 Å². The highest BCUT2D eigenvalue weighted by Gasteiger charge is 2.15. The molecule has 0 unspecified atom stereocenters. The van der Waals surface area contributed by atoms with Crippen molar-refractivity contribution in [2.75, 3.05) is 12.5 Å². The zero-order chi connectivity index (χ0) is 11.0. The smallest absolute Gasteiger partial charge is 0.162 e. The Kier molecular flexibility index (Phi) is 2.49. The number of fused-ring (bicyclic) bond motifs is 1. The Morgan fingerprint density at radius 3 is 2.33 bits per heavy atom. The Balaban J connectivity index is 2.84. The molecule has 0 atom stereocenters. The van der Waals surface area contributed by atoms with E-state index in [1.807, 2.05) is 6.07 Å². The molecular formula is C12H13O2S+. The van der Waals surface area contributed by atoms with Crippen molar-refractivity contribution in [1.82, 2.24) is 0 Å². The van der Waals surface area contributed by atoms with E-state index in [9.17, 15) is 10.2 Å². The molecule has 0 spiro atoms. The lowest BCUT2D eigenvalue weighted by Crippen LogP contribution is -1.96. The molecule has 0 radical (unpaired) electrons. The molecular weight excluding hydrogens is 208 g/mol. The van der Waals surface area contributed by atoms with Gasteiger partial charge in [-0.05, 0) is 30.3 Å². The van der Waals surface area contributed by atoms with E-state index in [0.29, 0.717) is 0 Å². The molecule has 0 aliphatic rings. The zero-order valence-corrected chi connectivity index (χ0v) is 9.51. The van der Waals surface area contributed by atoms with Crippen LogP contribution in [0, 0.1) is 0 Å². The van der Waals surface area contributed by atoms with E-state index in [4.69, 9.17) is 0 Å². The van der Waals surface area contributed by atoms with Crippen molar-refractivity contribution in [2.24, 2.45) is 0 Å². The van der Waals surface area contributed by atoms with Crippen molar-refractivity contribution < 1.29 is 10.2 Å². The number of benzene rings is 2. The molecule has 15 heavy (non-hydrogen) atoms. The van der Waals surface area contributed by atoms with Crippen molar-refractivity contribution in [3.05, 3.63) is 30.3 Å². The van der Waals surface area contributed by atoms with Gasteiger partial charge in [0, 0.05) is 21.7 Å². The summed E-state index contributed by atoms with van der Waals surface area (Å²) in [5, 5.41) is 20.9. The number of hydrogen-bond acceptors (Lipinski definition) is 2. The van der Waals surface area contributed by atoms with E-state index in [-0.39, 0.29) is 22.4 Å². The van der Waals surface area contributed by atoms with E-state index in [2.05, 4.69) is 12.5 Å². The molecule has 2 nitrogen and oxygen atoms in total. The number of hydrogen-bond donors (Lipinski definition) is 2. The Hall–Kier alpha value is -1.35. The molecule has 0 bridgehead atoms. The summed E-state index contributed by atoms with van der Waals surface area (Å²) in [7, 11) is 0.108. The lowest BCUT2D eigenvalue weighted by Gasteiger charge is -2.05. The molecule has 0 saturated carbocycles. The first kappa shape index (κ1) is 10.2. The van der Waals surface area contributed by atoms with Gasteiger partial charge in [-0.3, -0.25) is 0 Å². The van der Waals surface area contributed by atoms with Gasteiger partial charge in [-0.15, -0.1) is 0 Å². The van der Waals surface area contributed by atoms with Crippen LogP contribution >= 0.6 is 0 Å². The van der Waals surface area contributed by atoms with E-state index in [1.54, 1.807) is 24.3 Å². The van der Waals surface area contributed by atoms with Crippen molar-refractivity contribution in [1.29, 1.82) is 0 Å². The van der Waals surface area contributed by atoms with Gasteiger partial charge in [0.2, 0.25) is 0 Å². The second-order valence-corrected chi connectivity index (χ2v) is 5.70. The topological polar surface area (TPSA) is 40.5 Å². The minimum Gasteiger partial charge on any atom is -0.508 e. The predicted molar refractivity (Wildman–Crippen MR) is 64.8 cm³/mol. The molecule has 2 rings (SSSR count). The van der Waals surface area contributed by atoms with Gasteiger partial charge in [0.1, 0.15) is 24.0 Å². The third-order valence-electron chi connectivity index (χ3n) is 2.38. The normalized spacial score (nSPS) is 11.1. The quantitative estimate of drug-likeness (QED) is 0.726. The summed E-state index contributed by atoms with van der Waals surface area (Å²) < 4.78 is 0. The number of rotatable bonds is 1. The largest absolute Gasteiger partial charge is 0.508 e. The van der Waals surface area contributed by atoms with Gasteiger partial charge < -0.3 is 10.2 Å². The summed E-state index contributed by atoms with van der Waals surface area (Å²) in [4.78, 5) is 1.17. The first-order valence-corrected chi connectivity index (χ1v) is 6.66. The SMILES string of the molecule is C[S+](C)c1ccc(O)c2ccc(O)cc12. The molecule has 3 heteroatoms. The molecule has 0 fully saturated rings. The summed E-state index contributed by atoms with van der Waals surface area (Å²) >= 11 is 0. The van der Waals surface area contributed by atoms with Crippen molar-refractivity contribution in [3.8, 4) is 11.5 Å². The van der Waals surface area contributed by atoms with E-state index in [1.165, 1.54) is 4.90 Å². The summed E-state index contributed by atoms with van der Waals surface area (Å²) in [5.74, 6) is 0.499. The second kappa shape index (κ2) is 3.66. The van der Waals surface area contributed by atoms with Crippen LogP contribution in [-0.2, 0) is 10.9 Å². The average molecular weight is 221 g/mol. The second-order valence-electron chi connectivity index (χ2n) is 3.63. The van der Waals surface area contributed by atoms with Crippen LogP contribution in [0.2, 0.25) is 0 Å². The molecule has 2 aromatic rings. The highest BCUT2D eigenvalue weighted by molar-refractivity contribution is 7.95. The Morgan fingerprint density at radius 1 is 0.933 bits per heavy atom. The number of phenolic OH excluding ortho intramolecular Hbond substituents is 2. The van der Waals surface area contributed by atoms with Gasteiger partial charge in [-0.25, -0.2) is 0 Å². The van der Waals surface area contributed by atoms with Crippen LogP contribution in [-0.4, -0.2) is 22.7 Å². The van der Waals surface area contributed by atoms with Gasteiger partial charge in [0.25, 0.3) is 0 Å². The Bertz CT molecular complexity index is 506. The van der Waals surface area contributed by atoms with Crippen LogP contribution in [0.3, 0.4) is 0 Å². The van der Waals surface area contributed by atoms with Crippen molar-refractivity contribution in [2.45, 2.75) is 4.90 Å². The summed E-state index contributed by atoms with van der Waals surface area (Å²) in [6, 6.07) is 8.67. The van der Waals surface area contributed by atoms with Crippen LogP contribution in [0.5, 0.6) is 11.5 Å². The third kappa shape index (κ3) is 1.75. The fraction of sp³-hybridized carbons (Fsp3) is 0.167. The highest BCUT2D eigenvalue weighted by atomic mass is 32.2. The summed E-state index contributed by atoms with van der Waals surface area (Å²) in [6.45, 7) is 0. The van der Waals surface area contributed by atoms with Crippen molar-refractivity contribution in [3.63, 3.8) is 0 Å². The first-order valence-electron chi connectivity index (χ1n) is 4.62. The minimum atomic E-state index is 0.108. The minimum absolute atomic E-state index is 0.108. The highest BCUT2D eigenvalue weighted by Crippen LogP contribution is 2.32. The summed E-state index contributed by atoms with van der Waals surface area (Å²) in [5.41, 5.74) is 0. The molecule has 78 valence electrons. The number of aromatic hydroxyl groups is 2. The maximum absolute atomic E-state index is 9.69. The Morgan fingerprint density at radius 2 is 1.67 bits per heavy atom. The maximum Gasteiger partial charge on any atom is 0.162 e. The molecule has 0 aliphatic heterocycles.